The van der Waals surface area contributed by atoms with Gasteiger partial charge in [0.05, 0.1) is 0 Å². The summed E-state index contributed by atoms with van der Waals surface area (Å²) in [6.07, 6.45) is 5.99. The van der Waals surface area contributed by atoms with E-state index < -0.39 is 0 Å². The molecule has 4 unspecified atom stereocenters. The maximum Gasteiger partial charge on any atom is -0.00149 e. The van der Waals surface area contributed by atoms with Gasteiger partial charge in [-0.1, -0.05) is 27.7 Å². The van der Waals surface area contributed by atoms with Gasteiger partial charge in [-0.15, -0.1) is 0 Å². The molecule has 2 fully saturated rings. The van der Waals surface area contributed by atoms with Gasteiger partial charge >= 0.3 is 0 Å². The first kappa shape index (κ1) is 12.4. The highest BCUT2D eigenvalue weighted by molar-refractivity contribution is 5.05. The molecule has 2 rings (SSSR count). The largest absolute Gasteiger partial charge is 0.316 e. The van der Waals surface area contributed by atoms with Crippen LogP contribution in [0.5, 0.6) is 0 Å². The van der Waals surface area contributed by atoms with Crippen LogP contribution in [0.15, 0.2) is 0 Å². The fraction of sp³-hybridized carbons (Fsp3) is 1.00. The molecule has 0 amide bonds. The highest BCUT2D eigenvalue weighted by Gasteiger charge is 2.55. The summed E-state index contributed by atoms with van der Waals surface area (Å²) in [5, 5.41) is 3.64. The van der Waals surface area contributed by atoms with Crippen molar-refractivity contribution in [1.82, 2.24) is 5.32 Å². The van der Waals surface area contributed by atoms with E-state index in [1.54, 1.807) is 0 Å². The Morgan fingerprint density at radius 2 is 1.94 bits per heavy atom. The van der Waals surface area contributed by atoms with E-state index in [4.69, 9.17) is 0 Å². The molecule has 0 saturated heterocycles. The molecule has 1 nitrogen and oxygen atoms in total. The van der Waals surface area contributed by atoms with E-state index in [1.807, 2.05) is 0 Å². The maximum atomic E-state index is 3.64. The lowest BCUT2D eigenvalue weighted by atomic mass is 9.73. The highest BCUT2D eigenvalue weighted by Crippen LogP contribution is 2.62. The zero-order chi connectivity index (χ0) is 11.8. The van der Waals surface area contributed by atoms with Crippen LogP contribution < -0.4 is 5.32 Å². The minimum atomic E-state index is 0.774. The van der Waals surface area contributed by atoms with Gasteiger partial charge in [-0.25, -0.2) is 0 Å². The van der Waals surface area contributed by atoms with E-state index in [-0.39, 0.29) is 0 Å². The quantitative estimate of drug-likeness (QED) is 0.766. The van der Waals surface area contributed by atoms with Crippen molar-refractivity contribution in [1.29, 1.82) is 0 Å². The molecule has 1 spiro atoms. The first-order chi connectivity index (χ1) is 7.53. The van der Waals surface area contributed by atoms with Gasteiger partial charge in [0, 0.05) is 0 Å². The average Bonchev–Trinajstić information content (AvgIpc) is 2.86. The summed E-state index contributed by atoms with van der Waals surface area (Å²) in [5.41, 5.74) is 0.774. The second kappa shape index (κ2) is 4.68. The van der Waals surface area contributed by atoms with Gasteiger partial charge < -0.3 is 5.32 Å². The van der Waals surface area contributed by atoms with Crippen molar-refractivity contribution >= 4 is 0 Å². The van der Waals surface area contributed by atoms with Gasteiger partial charge in [0.25, 0.3) is 0 Å². The van der Waals surface area contributed by atoms with Crippen LogP contribution in [0.2, 0.25) is 0 Å². The molecule has 0 aromatic heterocycles. The fourth-order valence-electron chi connectivity index (χ4n) is 3.57. The van der Waals surface area contributed by atoms with Gasteiger partial charge in [0.2, 0.25) is 0 Å². The van der Waals surface area contributed by atoms with Crippen LogP contribution in [0.4, 0.5) is 0 Å². The SMILES string of the molecule is CC(C)CNCC1CC12CCC(C)C(C)C2. The van der Waals surface area contributed by atoms with Gasteiger partial charge in [-0.3, -0.25) is 0 Å². The van der Waals surface area contributed by atoms with Crippen LogP contribution in [0, 0.1) is 29.1 Å². The molecule has 1 heteroatoms. The molecule has 2 saturated carbocycles. The molecule has 2 aliphatic rings. The van der Waals surface area contributed by atoms with Crippen LogP contribution >= 0.6 is 0 Å². The lowest BCUT2D eigenvalue weighted by Gasteiger charge is -2.33. The zero-order valence-corrected chi connectivity index (χ0v) is 11.6. The van der Waals surface area contributed by atoms with Gasteiger partial charge in [-0.05, 0) is 67.9 Å². The molecule has 1 N–H and O–H groups in total. The molecular weight excluding hydrogens is 194 g/mol. The van der Waals surface area contributed by atoms with E-state index in [0.29, 0.717) is 0 Å². The Kier molecular flexibility index (Phi) is 3.63. The zero-order valence-electron chi connectivity index (χ0n) is 11.6. The minimum absolute atomic E-state index is 0.774. The third-order valence-electron chi connectivity index (χ3n) is 5.10. The first-order valence-corrected chi connectivity index (χ1v) is 7.24. The van der Waals surface area contributed by atoms with Crippen molar-refractivity contribution in [2.24, 2.45) is 29.1 Å². The van der Waals surface area contributed by atoms with Crippen molar-refractivity contribution in [2.45, 2.75) is 53.4 Å². The molecule has 0 aromatic carbocycles. The molecular formula is C15H29N. The summed E-state index contributed by atoms with van der Waals surface area (Å²) in [4.78, 5) is 0. The van der Waals surface area contributed by atoms with Crippen molar-refractivity contribution in [3.05, 3.63) is 0 Å². The number of nitrogens with one attached hydrogen (secondary N) is 1. The predicted octanol–water partition coefficient (Wildman–Crippen LogP) is 3.69. The molecule has 94 valence electrons. The lowest BCUT2D eigenvalue weighted by Crippen LogP contribution is -2.27. The molecule has 0 aromatic rings. The Morgan fingerprint density at radius 1 is 1.19 bits per heavy atom. The Morgan fingerprint density at radius 3 is 2.56 bits per heavy atom. The molecule has 0 radical (unpaired) electrons. The summed E-state index contributed by atoms with van der Waals surface area (Å²) in [5.74, 6) is 3.72. The summed E-state index contributed by atoms with van der Waals surface area (Å²) in [7, 11) is 0. The van der Waals surface area contributed by atoms with E-state index >= 15 is 0 Å². The van der Waals surface area contributed by atoms with E-state index in [2.05, 4.69) is 33.0 Å². The minimum Gasteiger partial charge on any atom is -0.316 e. The van der Waals surface area contributed by atoms with Crippen molar-refractivity contribution in [3.63, 3.8) is 0 Å². The number of hydrogen-bond donors (Lipinski definition) is 1. The first-order valence-electron chi connectivity index (χ1n) is 7.24. The summed E-state index contributed by atoms with van der Waals surface area (Å²) in [6, 6.07) is 0. The van der Waals surface area contributed by atoms with E-state index in [1.165, 1.54) is 38.8 Å². The summed E-state index contributed by atoms with van der Waals surface area (Å²) < 4.78 is 0. The predicted molar refractivity (Wildman–Crippen MR) is 70.4 cm³/mol. The van der Waals surface area contributed by atoms with Crippen LogP contribution in [-0.4, -0.2) is 13.1 Å². The smallest absolute Gasteiger partial charge is 0.00149 e. The Labute approximate surface area is 101 Å². The Balaban J connectivity index is 1.73. The molecule has 0 heterocycles. The summed E-state index contributed by atoms with van der Waals surface area (Å²) in [6.45, 7) is 12.0. The van der Waals surface area contributed by atoms with Crippen molar-refractivity contribution in [2.75, 3.05) is 13.1 Å². The fourth-order valence-corrected chi connectivity index (χ4v) is 3.57. The molecule has 0 bridgehead atoms. The van der Waals surface area contributed by atoms with Gasteiger partial charge in [-0.2, -0.15) is 0 Å². The van der Waals surface area contributed by atoms with Crippen molar-refractivity contribution < 1.29 is 0 Å². The molecule has 16 heavy (non-hydrogen) atoms. The lowest BCUT2D eigenvalue weighted by molar-refractivity contribution is 0.177. The third kappa shape index (κ3) is 2.61. The third-order valence-corrected chi connectivity index (χ3v) is 5.10. The van der Waals surface area contributed by atoms with E-state index in [0.717, 1.165) is 29.1 Å². The maximum absolute atomic E-state index is 3.64. The Hall–Kier alpha value is -0.0400. The molecule has 4 atom stereocenters. The summed E-state index contributed by atoms with van der Waals surface area (Å²) >= 11 is 0. The second-order valence-corrected chi connectivity index (χ2v) is 7.01. The Bertz CT molecular complexity index is 236. The number of rotatable bonds is 4. The molecule has 0 aliphatic heterocycles. The van der Waals surface area contributed by atoms with Crippen LogP contribution in [0.3, 0.4) is 0 Å². The van der Waals surface area contributed by atoms with Crippen LogP contribution in [0.1, 0.15) is 53.4 Å². The monoisotopic (exact) mass is 223 g/mol. The highest BCUT2D eigenvalue weighted by atomic mass is 14.9. The van der Waals surface area contributed by atoms with Gasteiger partial charge in [0.1, 0.15) is 0 Å². The van der Waals surface area contributed by atoms with Crippen LogP contribution in [-0.2, 0) is 0 Å². The second-order valence-electron chi connectivity index (χ2n) is 7.01. The topological polar surface area (TPSA) is 12.0 Å². The molecule has 2 aliphatic carbocycles. The van der Waals surface area contributed by atoms with Crippen molar-refractivity contribution in [3.8, 4) is 0 Å². The van der Waals surface area contributed by atoms with Gasteiger partial charge in [0.15, 0.2) is 0 Å². The standard InChI is InChI=1S/C15H29N/c1-11(2)9-16-10-14-8-15(14)6-5-12(3)13(4)7-15/h11-14,16H,5-10H2,1-4H3. The number of hydrogen-bond acceptors (Lipinski definition) is 1. The average molecular weight is 223 g/mol. The van der Waals surface area contributed by atoms with Crippen LogP contribution in [0.25, 0.3) is 0 Å². The normalized spacial score (nSPS) is 42.9. The van der Waals surface area contributed by atoms with E-state index in [9.17, 15) is 0 Å².